The molecule has 2 heterocycles. The second-order valence-corrected chi connectivity index (χ2v) is 8.91. The predicted octanol–water partition coefficient (Wildman–Crippen LogP) is 8.08. The van der Waals surface area contributed by atoms with E-state index in [0.717, 1.165) is 28.3 Å². The summed E-state index contributed by atoms with van der Waals surface area (Å²) in [6.07, 6.45) is 7.30. The molecule has 0 spiro atoms. The minimum Gasteiger partial charge on any atom is -0.455 e. The van der Waals surface area contributed by atoms with Crippen LogP contribution in [-0.4, -0.2) is 4.98 Å². The zero-order valence-electron chi connectivity index (χ0n) is 17.5. The molecule has 148 valence electrons. The van der Waals surface area contributed by atoms with Crippen molar-refractivity contribution in [2.45, 2.75) is 45.4 Å². The van der Waals surface area contributed by atoms with E-state index in [-0.39, 0.29) is 0 Å². The van der Waals surface area contributed by atoms with Crippen molar-refractivity contribution in [3.63, 3.8) is 0 Å². The average Bonchev–Trinajstić information content (AvgIpc) is 3.40. The predicted molar refractivity (Wildman–Crippen MR) is 125 cm³/mol. The third-order valence-electron chi connectivity index (χ3n) is 6.74. The summed E-state index contributed by atoms with van der Waals surface area (Å²) in [4.78, 5) is 4.82. The van der Waals surface area contributed by atoms with E-state index in [1.165, 1.54) is 63.9 Å². The maximum Gasteiger partial charge on any atom is 0.144 e. The number of rotatable bonds is 2. The van der Waals surface area contributed by atoms with Crippen LogP contribution in [-0.2, 0) is 0 Å². The number of aromatic nitrogens is 1. The van der Waals surface area contributed by atoms with Crippen LogP contribution in [0.3, 0.4) is 0 Å². The standard InChI is InChI=1S/C28H25NO/c1-17-7-9-23-24-13-18(2)14-25(28(24)30-26(23)15-17)27-22-10-8-20(19-5-3-4-6-19)16-21(22)11-12-29-27/h7-16,19H,3-6H2,1-2H3. The Bertz CT molecular complexity index is 1420. The second kappa shape index (κ2) is 6.70. The zero-order valence-corrected chi connectivity index (χ0v) is 17.5. The molecular weight excluding hydrogens is 366 g/mol. The number of nitrogens with zero attached hydrogens (tertiary/aromatic N) is 1. The molecule has 0 unspecified atom stereocenters. The molecule has 0 atom stereocenters. The topological polar surface area (TPSA) is 26.0 Å². The summed E-state index contributed by atoms with van der Waals surface area (Å²) in [5, 5.41) is 4.81. The van der Waals surface area contributed by atoms with Gasteiger partial charge < -0.3 is 4.42 Å². The third-order valence-corrected chi connectivity index (χ3v) is 6.74. The summed E-state index contributed by atoms with van der Waals surface area (Å²) in [5.41, 5.74) is 7.88. The normalized spacial score (nSPS) is 15.0. The van der Waals surface area contributed by atoms with Gasteiger partial charge in [0, 0.05) is 27.9 Å². The summed E-state index contributed by atoms with van der Waals surface area (Å²) >= 11 is 0. The van der Waals surface area contributed by atoms with E-state index in [9.17, 15) is 0 Å². The van der Waals surface area contributed by atoms with Crippen LogP contribution in [0.25, 0.3) is 44.0 Å². The highest BCUT2D eigenvalue weighted by atomic mass is 16.3. The van der Waals surface area contributed by atoms with E-state index in [4.69, 9.17) is 9.40 Å². The van der Waals surface area contributed by atoms with Gasteiger partial charge in [-0.1, -0.05) is 43.2 Å². The maximum atomic E-state index is 6.39. The van der Waals surface area contributed by atoms with Gasteiger partial charge in [0.2, 0.25) is 0 Å². The van der Waals surface area contributed by atoms with Crippen molar-refractivity contribution < 1.29 is 4.42 Å². The van der Waals surface area contributed by atoms with E-state index in [1.54, 1.807) is 0 Å². The first-order chi connectivity index (χ1) is 14.7. The van der Waals surface area contributed by atoms with Crippen molar-refractivity contribution in [2.24, 2.45) is 0 Å². The van der Waals surface area contributed by atoms with Crippen molar-refractivity contribution in [3.05, 3.63) is 77.5 Å². The lowest BCUT2D eigenvalue weighted by Crippen LogP contribution is -1.93. The molecule has 1 fully saturated rings. The fourth-order valence-electron chi connectivity index (χ4n) is 5.23. The molecular formula is C28H25NO. The Morgan fingerprint density at radius 2 is 1.63 bits per heavy atom. The van der Waals surface area contributed by atoms with Crippen molar-refractivity contribution in [3.8, 4) is 11.3 Å². The van der Waals surface area contributed by atoms with Gasteiger partial charge in [-0.05, 0) is 78.9 Å². The average molecular weight is 392 g/mol. The van der Waals surface area contributed by atoms with Crippen molar-refractivity contribution in [2.75, 3.05) is 0 Å². The molecule has 5 aromatic rings. The van der Waals surface area contributed by atoms with Gasteiger partial charge in [0.15, 0.2) is 0 Å². The SMILES string of the molecule is Cc1ccc2c(c1)oc1c(-c3nccc4cc(C5CCCC5)ccc34)cc(C)cc12. The van der Waals surface area contributed by atoms with E-state index < -0.39 is 0 Å². The zero-order chi connectivity index (χ0) is 20.2. The molecule has 0 saturated heterocycles. The first-order valence-corrected chi connectivity index (χ1v) is 11.0. The molecule has 0 bridgehead atoms. The van der Waals surface area contributed by atoms with Crippen LogP contribution >= 0.6 is 0 Å². The van der Waals surface area contributed by atoms with Gasteiger partial charge in [-0.25, -0.2) is 0 Å². The summed E-state index contributed by atoms with van der Waals surface area (Å²) in [5.74, 6) is 0.718. The lowest BCUT2D eigenvalue weighted by Gasteiger charge is -2.12. The molecule has 2 aromatic heterocycles. The molecule has 1 saturated carbocycles. The number of hydrogen-bond acceptors (Lipinski definition) is 2. The first kappa shape index (κ1) is 17.7. The van der Waals surface area contributed by atoms with Gasteiger partial charge in [0.25, 0.3) is 0 Å². The first-order valence-electron chi connectivity index (χ1n) is 11.0. The Kier molecular flexibility index (Phi) is 3.95. The third kappa shape index (κ3) is 2.74. The Morgan fingerprint density at radius 1 is 0.800 bits per heavy atom. The van der Waals surface area contributed by atoms with Gasteiger partial charge in [-0.3, -0.25) is 4.98 Å². The highest BCUT2D eigenvalue weighted by Crippen LogP contribution is 2.40. The van der Waals surface area contributed by atoms with Crippen LogP contribution in [0.1, 0.15) is 48.3 Å². The van der Waals surface area contributed by atoms with Crippen molar-refractivity contribution >= 4 is 32.7 Å². The van der Waals surface area contributed by atoms with E-state index in [0.29, 0.717) is 0 Å². The number of benzene rings is 3. The Hall–Kier alpha value is -3.13. The molecule has 2 nitrogen and oxygen atoms in total. The van der Waals surface area contributed by atoms with Crippen molar-refractivity contribution in [1.29, 1.82) is 0 Å². The van der Waals surface area contributed by atoms with Crippen LogP contribution in [0.4, 0.5) is 0 Å². The molecule has 30 heavy (non-hydrogen) atoms. The minimum absolute atomic E-state index is 0.718. The van der Waals surface area contributed by atoms with E-state index >= 15 is 0 Å². The van der Waals surface area contributed by atoms with Gasteiger partial charge in [0.05, 0.1) is 5.69 Å². The van der Waals surface area contributed by atoms with Gasteiger partial charge in [-0.2, -0.15) is 0 Å². The quantitative estimate of drug-likeness (QED) is 0.304. The van der Waals surface area contributed by atoms with Crippen LogP contribution in [0, 0.1) is 13.8 Å². The fourth-order valence-corrected chi connectivity index (χ4v) is 5.23. The molecule has 6 rings (SSSR count). The Morgan fingerprint density at radius 3 is 2.50 bits per heavy atom. The molecule has 0 N–H and O–H groups in total. The monoisotopic (exact) mass is 391 g/mol. The number of furan rings is 1. The highest BCUT2D eigenvalue weighted by Gasteiger charge is 2.19. The van der Waals surface area contributed by atoms with Gasteiger partial charge in [0.1, 0.15) is 11.2 Å². The minimum atomic E-state index is 0.718. The Balaban J connectivity index is 1.60. The smallest absolute Gasteiger partial charge is 0.144 e. The van der Waals surface area contributed by atoms with Crippen LogP contribution in [0.2, 0.25) is 0 Å². The lowest BCUT2D eigenvalue weighted by molar-refractivity contribution is 0.669. The number of hydrogen-bond donors (Lipinski definition) is 0. The Labute approximate surface area is 176 Å². The van der Waals surface area contributed by atoms with Crippen LogP contribution < -0.4 is 0 Å². The molecule has 0 radical (unpaired) electrons. The van der Waals surface area contributed by atoms with Crippen LogP contribution in [0.15, 0.2) is 65.2 Å². The number of aryl methyl sites for hydroxylation is 2. The van der Waals surface area contributed by atoms with Crippen LogP contribution in [0.5, 0.6) is 0 Å². The largest absolute Gasteiger partial charge is 0.455 e. The molecule has 0 aliphatic heterocycles. The van der Waals surface area contributed by atoms with Crippen molar-refractivity contribution in [1.82, 2.24) is 4.98 Å². The molecule has 1 aliphatic carbocycles. The fraction of sp³-hybridized carbons (Fsp3) is 0.250. The highest BCUT2D eigenvalue weighted by molar-refractivity contribution is 6.12. The summed E-state index contributed by atoms with van der Waals surface area (Å²) in [7, 11) is 0. The maximum absolute atomic E-state index is 6.39. The second-order valence-electron chi connectivity index (χ2n) is 8.91. The van der Waals surface area contributed by atoms with E-state index in [2.05, 4.69) is 68.4 Å². The number of pyridine rings is 1. The van der Waals surface area contributed by atoms with Gasteiger partial charge in [-0.15, -0.1) is 0 Å². The van der Waals surface area contributed by atoms with Gasteiger partial charge >= 0.3 is 0 Å². The molecule has 0 amide bonds. The molecule has 3 aromatic carbocycles. The lowest BCUT2D eigenvalue weighted by atomic mass is 9.93. The molecule has 1 aliphatic rings. The summed E-state index contributed by atoms with van der Waals surface area (Å²) in [6, 6.07) is 20.0. The van der Waals surface area contributed by atoms with E-state index in [1.807, 2.05) is 6.20 Å². The summed E-state index contributed by atoms with van der Waals surface area (Å²) < 4.78 is 6.39. The summed E-state index contributed by atoms with van der Waals surface area (Å²) in [6.45, 7) is 4.26. The number of fused-ring (bicyclic) bond motifs is 4. The molecule has 2 heteroatoms.